The number of carbonyl (C=O) groups excluding carboxylic acids is 2. The van der Waals surface area contributed by atoms with Gasteiger partial charge < -0.3 is 14.7 Å². The number of aliphatic hydroxyl groups excluding tert-OH is 1. The molecule has 1 fully saturated rings. The van der Waals surface area contributed by atoms with E-state index in [1.54, 1.807) is 31.2 Å². The minimum atomic E-state index is -1.03. The molecule has 144 valence electrons. The Morgan fingerprint density at radius 1 is 1.21 bits per heavy atom. The molecule has 0 spiro atoms. The van der Waals surface area contributed by atoms with Crippen molar-refractivity contribution in [2.45, 2.75) is 32.0 Å². The Bertz CT molecular complexity index is 874. The first-order chi connectivity index (χ1) is 13.5. The average Bonchev–Trinajstić information content (AvgIpc) is 2.71. The number of nitrogens with zero attached hydrogens (tertiary/aromatic N) is 2. The number of nitriles is 1. The molecule has 0 saturated carbocycles. The lowest BCUT2D eigenvalue weighted by atomic mass is 9.78. The van der Waals surface area contributed by atoms with Gasteiger partial charge in [-0.25, -0.2) is 0 Å². The number of aliphatic hydroxyl groups is 1. The molecule has 1 aliphatic rings. The predicted molar refractivity (Wildman–Crippen MR) is 102 cm³/mol. The first-order valence-corrected chi connectivity index (χ1v) is 9.24. The number of benzene rings is 2. The van der Waals surface area contributed by atoms with E-state index in [1.807, 2.05) is 36.4 Å². The van der Waals surface area contributed by atoms with Crippen molar-refractivity contribution in [3.63, 3.8) is 0 Å². The van der Waals surface area contributed by atoms with E-state index >= 15 is 0 Å². The van der Waals surface area contributed by atoms with Gasteiger partial charge in [-0.05, 0) is 30.2 Å². The number of hydrogen-bond donors (Lipinski definition) is 1. The zero-order valence-electron chi connectivity index (χ0n) is 15.6. The lowest BCUT2D eigenvalue weighted by Crippen LogP contribution is -2.53. The number of rotatable bonds is 5. The van der Waals surface area contributed by atoms with E-state index < -0.39 is 29.9 Å². The lowest BCUT2D eigenvalue weighted by Gasteiger charge is -2.40. The zero-order valence-corrected chi connectivity index (χ0v) is 15.6. The van der Waals surface area contributed by atoms with Crippen molar-refractivity contribution in [1.82, 2.24) is 4.90 Å². The third-order valence-electron chi connectivity index (χ3n) is 4.98. The molecule has 0 unspecified atom stereocenters. The van der Waals surface area contributed by atoms with E-state index in [9.17, 15) is 14.7 Å². The second-order valence-electron chi connectivity index (χ2n) is 6.74. The maximum absolute atomic E-state index is 13.2. The zero-order chi connectivity index (χ0) is 20.1. The summed E-state index contributed by atoms with van der Waals surface area (Å²) >= 11 is 0. The van der Waals surface area contributed by atoms with Crippen LogP contribution in [0, 0.1) is 17.2 Å². The molecule has 0 aromatic heterocycles. The van der Waals surface area contributed by atoms with Crippen molar-refractivity contribution in [3.8, 4) is 6.07 Å². The fourth-order valence-corrected chi connectivity index (χ4v) is 3.58. The van der Waals surface area contributed by atoms with E-state index in [4.69, 9.17) is 10.00 Å². The van der Waals surface area contributed by atoms with Crippen LogP contribution in [-0.4, -0.2) is 34.7 Å². The Kier molecular flexibility index (Phi) is 6.07. The summed E-state index contributed by atoms with van der Waals surface area (Å²) in [5, 5.41) is 19.6. The van der Waals surface area contributed by atoms with Crippen molar-refractivity contribution in [1.29, 1.82) is 5.26 Å². The molecule has 6 nitrogen and oxygen atoms in total. The fraction of sp³-hybridized carbons (Fsp3) is 0.318. The van der Waals surface area contributed by atoms with Gasteiger partial charge in [-0.1, -0.05) is 42.5 Å². The predicted octanol–water partition coefficient (Wildman–Crippen LogP) is 2.57. The van der Waals surface area contributed by atoms with E-state index in [1.165, 1.54) is 4.90 Å². The van der Waals surface area contributed by atoms with Crippen LogP contribution in [0.1, 0.15) is 36.0 Å². The first-order valence-electron chi connectivity index (χ1n) is 9.24. The molecule has 0 aliphatic carbocycles. The summed E-state index contributed by atoms with van der Waals surface area (Å²) in [7, 11) is 0. The number of likely N-dealkylation sites (tertiary alicyclic amines) is 1. The molecule has 1 N–H and O–H groups in total. The highest BCUT2D eigenvalue weighted by Gasteiger charge is 2.46. The summed E-state index contributed by atoms with van der Waals surface area (Å²) < 4.78 is 5.16. The standard InChI is InChI=1S/C22H22N2O4/c1-2-28-22(27)20-18(17-10-8-15(13-23)9-11-17)12-19(25)24(21(20)26)14-16-6-4-3-5-7-16/h3-11,18-20,25H,2,12,14H2,1H3/t18-,19+,20-/m0/s1. The lowest BCUT2D eigenvalue weighted by molar-refractivity contribution is -0.168. The summed E-state index contributed by atoms with van der Waals surface area (Å²) in [6.07, 6.45) is -0.799. The van der Waals surface area contributed by atoms with E-state index in [2.05, 4.69) is 0 Å². The molecule has 1 heterocycles. The van der Waals surface area contributed by atoms with Crippen molar-refractivity contribution in [2.24, 2.45) is 5.92 Å². The van der Waals surface area contributed by atoms with Gasteiger partial charge in [-0.3, -0.25) is 9.59 Å². The highest BCUT2D eigenvalue weighted by atomic mass is 16.5. The van der Waals surface area contributed by atoms with Crippen LogP contribution in [-0.2, 0) is 20.9 Å². The molecule has 0 bridgehead atoms. The van der Waals surface area contributed by atoms with Crippen LogP contribution in [0.2, 0.25) is 0 Å². The summed E-state index contributed by atoms with van der Waals surface area (Å²) in [5.74, 6) is -2.58. The fourth-order valence-electron chi connectivity index (χ4n) is 3.58. The average molecular weight is 378 g/mol. The monoisotopic (exact) mass is 378 g/mol. The molecule has 1 amide bonds. The number of piperidine rings is 1. The Balaban J connectivity index is 1.92. The number of carbonyl (C=O) groups is 2. The van der Waals surface area contributed by atoms with E-state index in [-0.39, 0.29) is 19.6 Å². The van der Waals surface area contributed by atoms with Crippen LogP contribution < -0.4 is 0 Å². The molecule has 3 atom stereocenters. The van der Waals surface area contributed by atoms with Crippen LogP contribution in [0.25, 0.3) is 0 Å². The summed E-state index contributed by atoms with van der Waals surface area (Å²) in [6, 6.07) is 18.1. The number of amides is 1. The molecule has 1 aliphatic heterocycles. The van der Waals surface area contributed by atoms with Crippen LogP contribution in [0.3, 0.4) is 0 Å². The summed E-state index contributed by atoms with van der Waals surface area (Å²) in [5.41, 5.74) is 2.09. The molecular formula is C22H22N2O4. The molecule has 0 radical (unpaired) electrons. The van der Waals surface area contributed by atoms with Crippen LogP contribution >= 0.6 is 0 Å². The smallest absolute Gasteiger partial charge is 0.319 e. The van der Waals surface area contributed by atoms with Crippen LogP contribution in [0.15, 0.2) is 54.6 Å². The van der Waals surface area contributed by atoms with Gasteiger partial charge in [0, 0.05) is 18.9 Å². The van der Waals surface area contributed by atoms with Crippen molar-refractivity contribution >= 4 is 11.9 Å². The highest BCUT2D eigenvalue weighted by molar-refractivity contribution is 5.99. The second-order valence-corrected chi connectivity index (χ2v) is 6.74. The molecule has 6 heteroatoms. The highest BCUT2D eigenvalue weighted by Crippen LogP contribution is 2.37. The first kappa shape index (κ1) is 19.6. The van der Waals surface area contributed by atoms with Gasteiger partial charge in [0.1, 0.15) is 12.1 Å². The Labute approximate surface area is 164 Å². The van der Waals surface area contributed by atoms with Gasteiger partial charge in [-0.15, -0.1) is 0 Å². The maximum atomic E-state index is 13.2. The van der Waals surface area contributed by atoms with Gasteiger partial charge in [0.05, 0.1) is 18.2 Å². The van der Waals surface area contributed by atoms with Gasteiger partial charge >= 0.3 is 5.97 Å². The third kappa shape index (κ3) is 4.05. The van der Waals surface area contributed by atoms with E-state index in [0.717, 1.165) is 11.1 Å². The van der Waals surface area contributed by atoms with Crippen molar-refractivity contribution in [2.75, 3.05) is 6.61 Å². The number of hydrogen-bond acceptors (Lipinski definition) is 5. The second kappa shape index (κ2) is 8.68. The molecule has 1 saturated heterocycles. The van der Waals surface area contributed by atoms with Gasteiger partial charge in [-0.2, -0.15) is 5.26 Å². The minimum Gasteiger partial charge on any atom is -0.465 e. The van der Waals surface area contributed by atoms with Crippen LogP contribution in [0.4, 0.5) is 0 Å². The molecule has 28 heavy (non-hydrogen) atoms. The quantitative estimate of drug-likeness (QED) is 0.638. The van der Waals surface area contributed by atoms with Crippen molar-refractivity contribution < 1.29 is 19.4 Å². The van der Waals surface area contributed by atoms with Crippen molar-refractivity contribution in [3.05, 3.63) is 71.3 Å². The van der Waals surface area contributed by atoms with Gasteiger partial charge in [0.15, 0.2) is 0 Å². The minimum absolute atomic E-state index is 0.171. The van der Waals surface area contributed by atoms with Gasteiger partial charge in [0.2, 0.25) is 5.91 Å². The molecule has 2 aromatic carbocycles. The SMILES string of the molecule is CCOC(=O)[C@@H]1C(=O)N(Cc2ccccc2)[C@H](O)C[C@H]1c1ccc(C#N)cc1. The van der Waals surface area contributed by atoms with E-state index in [0.29, 0.717) is 5.56 Å². The molecular weight excluding hydrogens is 356 g/mol. The van der Waals surface area contributed by atoms with Crippen LogP contribution in [0.5, 0.6) is 0 Å². The Morgan fingerprint density at radius 3 is 2.50 bits per heavy atom. The molecule has 2 aromatic rings. The Hall–Kier alpha value is -3.17. The normalized spacial score (nSPS) is 21.8. The Morgan fingerprint density at radius 2 is 1.89 bits per heavy atom. The summed E-state index contributed by atoms with van der Waals surface area (Å²) in [4.78, 5) is 27.1. The molecule has 3 rings (SSSR count). The summed E-state index contributed by atoms with van der Waals surface area (Å²) in [6.45, 7) is 2.08. The largest absolute Gasteiger partial charge is 0.465 e. The number of esters is 1. The number of ether oxygens (including phenoxy) is 1. The third-order valence-corrected chi connectivity index (χ3v) is 4.98. The topological polar surface area (TPSA) is 90.6 Å². The maximum Gasteiger partial charge on any atom is 0.319 e. The van der Waals surface area contributed by atoms with Gasteiger partial charge in [0.25, 0.3) is 0 Å².